The Morgan fingerprint density at radius 2 is 2.30 bits per heavy atom. The molecule has 2 N–H and O–H groups in total. The van der Waals surface area contributed by atoms with Crippen molar-refractivity contribution in [2.24, 2.45) is 0 Å². The van der Waals surface area contributed by atoms with Crippen LogP contribution in [0.5, 0.6) is 0 Å². The molecule has 0 fully saturated rings. The molecule has 0 aromatic carbocycles. The fourth-order valence-electron chi connectivity index (χ4n) is 0.614. The van der Waals surface area contributed by atoms with Crippen molar-refractivity contribution >= 4 is 11.6 Å². The molecule has 1 aromatic heterocycles. The number of aryl methyl sites for hydroxylation is 1. The molecule has 0 aliphatic carbocycles. The topological polar surface area (TPSA) is 49.0 Å². The maximum Gasteiger partial charge on any atom is 0.147 e. The summed E-state index contributed by atoms with van der Waals surface area (Å²) in [4.78, 5) is 0. The molecule has 0 unspecified atom stereocenters. The Morgan fingerprint density at radius 3 is 2.80 bits per heavy atom. The highest BCUT2D eigenvalue weighted by Gasteiger charge is 1.95. The second kappa shape index (κ2) is 2.34. The minimum atomic E-state index is 0.149. The van der Waals surface area contributed by atoms with Crippen LogP contribution >= 0.6 is 11.6 Å². The molecule has 1 rings (SSSR count). The highest BCUT2D eigenvalue weighted by Crippen LogP contribution is 2.02. The number of halogens is 1. The maximum atomic E-state index is 8.93. The van der Waals surface area contributed by atoms with Crippen LogP contribution in [0.4, 0.5) is 0 Å². The second-order valence-corrected chi connectivity index (χ2v) is 2.42. The Labute approximate surface area is 63.0 Å². The van der Waals surface area contributed by atoms with Crippen LogP contribution in [0.1, 0.15) is 5.56 Å². The van der Waals surface area contributed by atoms with Crippen LogP contribution in [0.25, 0.3) is 0 Å². The molecule has 0 spiro atoms. The zero-order valence-electron chi connectivity index (χ0n) is 5.43. The third-order valence-corrected chi connectivity index (χ3v) is 1.51. The fraction of sp³-hybridized carbons (Fsp3) is 0.167. The average Bonchev–Trinajstić information content (AvgIpc) is 1.84. The summed E-state index contributed by atoms with van der Waals surface area (Å²) in [6, 6.07) is 1.39. The number of hydrogen-bond donors (Lipinski definition) is 2. The summed E-state index contributed by atoms with van der Waals surface area (Å²) in [5.74, 6) is 0. The van der Waals surface area contributed by atoms with Gasteiger partial charge in [-0.05, 0) is 12.5 Å². The molecule has 1 heterocycles. The summed E-state index contributed by atoms with van der Waals surface area (Å²) in [6.45, 7) is 1.73. The molecule has 1 aromatic rings. The summed E-state index contributed by atoms with van der Waals surface area (Å²) < 4.78 is 0.787. The molecule has 0 saturated carbocycles. The van der Waals surface area contributed by atoms with Gasteiger partial charge in [0.05, 0.1) is 5.36 Å². The van der Waals surface area contributed by atoms with Crippen molar-refractivity contribution in [3.05, 3.63) is 28.3 Å². The Balaban J connectivity index is 3.43. The van der Waals surface area contributed by atoms with E-state index in [9.17, 15) is 0 Å². The smallest absolute Gasteiger partial charge is 0.147 e. The lowest BCUT2D eigenvalue weighted by molar-refractivity contribution is 0.184. The molecule has 3 nitrogen and oxygen atoms in total. The Hall–Kier alpha value is -0.960. The van der Waals surface area contributed by atoms with E-state index in [2.05, 4.69) is 0 Å². The van der Waals surface area contributed by atoms with E-state index in [1.807, 2.05) is 0 Å². The number of nitrogens with one attached hydrogen (secondary N) is 1. The van der Waals surface area contributed by atoms with E-state index in [-0.39, 0.29) is 5.15 Å². The van der Waals surface area contributed by atoms with Crippen LogP contribution in [-0.2, 0) is 0 Å². The predicted molar refractivity (Wildman–Crippen MR) is 37.2 cm³/mol. The number of aromatic nitrogens is 1. The van der Waals surface area contributed by atoms with Gasteiger partial charge in [-0.2, -0.15) is 4.73 Å². The quantitative estimate of drug-likeness (QED) is 0.432. The third kappa shape index (κ3) is 1.14. The lowest BCUT2D eigenvalue weighted by Crippen LogP contribution is -2.08. The predicted octanol–water partition coefficient (Wildman–Crippen LogP) is 1.17. The first kappa shape index (κ1) is 7.15. The Morgan fingerprint density at radius 1 is 1.70 bits per heavy atom. The van der Waals surface area contributed by atoms with Crippen LogP contribution in [0.15, 0.2) is 12.3 Å². The van der Waals surface area contributed by atoms with Gasteiger partial charge in [0, 0.05) is 12.3 Å². The van der Waals surface area contributed by atoms with E-state index >= 15 is 0 Å². The van der Waals surface area contributed by atoms with E-state index in [1.165, 1.54) is 12.3 Å². The fourth-order valence-corrected chi connectivity index (χ4v) is 0.772. The van der Waals surface area contributed by atoms with Crippen molar-refractivity contribution in [3.8, 4) is 0 Å². The van der Waals surface area contributed by atoms with Gasteiger partial charge in [-0.3, -0.25) is 0 Å². The number of nitrogens with zero attached hydrogens (tertiary/aromatic N) is 1. The summed E-state index contributed by atoms with van der Waals surface area (Å²) in [6.07, 6.45) is 1.39. The normalized spacial score (nSPS) is 9.80. The van der Waals surface area contributed by atoms with Gasteiger partial charge in [0.2, 0.25) is 0 Å². The highest BCUT2D eigenvalue weighted by molar-refractivity contribution is 6.29. The minimum Gasteiger partial charge on any atom is -0.428 e. The van der Waals surface area contributed by atoms with Crippen molar-refractivity contribution in [3.63, 3.8) is 0 Å². The van der Waals surface area contributed by atoms with Crippen LogP contribution in [0.3, 0.4) is 0 Å². The van der Waals surface area contributed by atoms with Gasteiger partial charge in [0.1, 0.15) is 5.15 Å². The average molecular weight is 159 g/mol. The maximum absolute atomic E-state index is 8.93. The molecular weight excluding hydrogens is 152 g/mol. The van der Waals surface area contributed by atoms with E-state index in [4.69, 9.17) is 22.2 Å². The van der Waals surface area contributed by atoms with Crippen molar-refractivity contribution in [2.45, 2.75) is 6.92 Å². The van der Waals surface area contributed by atoms with Gasteiger partial charge < -0.3 is 10.6 Å². The molecule has 54 valence electrons. The molecule has 10 heavy (non-hydrogen) atoms. The Bertz CT molecular complexity index is 305. The van der Waals surface area contributed by atoms with E-state index in [0.29, 0.717) is 10.9 Å². The van der Waals surface area contributed by atoms with Crippen LogP contribution in [0.2, 0.25) is 5.15 Å². The van der Waals surface area contributed by atoms with Gasteiger partial charge in [-0.15, -0.1) is 0 Å². The van der Waals surface area contributed by atoms with Gasteiger partial charge in [-0.25, -0.2) is 0 Å². The molecule has 0 bridgehead atoms. The van der Waals surface area contributed by atoms with Crippen LogP contribution in [-0.4, -0.2) is 9.94 Å². The van der Waals surface area contributed by atoms with E-state index in [1.54, 1.807) is 6.92 Å². The SMILES string of the molecule is Cc1cn(O)c(Cl)cc1=N. The van der Waals surface area contributed by atoms with Crippen LogP contribution < -0.4 is 5.36 Å². The first-order valence-electron chi connectivity index (χ1n) is 2.74. The van der Waals surface area contributed by atoms with Gasteiger partial charge >= 0.3 is 0 Å². The molecule has 0 radical (unpaired) electrons. The second-order valence-electron chi connectivity index (χ2n) is 2.04. The number of hydrogen-bond acceptors (Lipinski definition) is 2. The summed E-state index contributed by atoms with van der Waals surface area (Å²) in [5.41, 5.74) is 0.687. The van der Waals surface area contributed by atoms with Crippen molar-refractivity contribution in [1.82, 2.24) is 4.73 Å². The zero-order chi connectivity index (χ0) is 7.72. The van der Waals surface area contributed by atoms with Crippen molar-refractivity contribution in [2.75, 3.05) is 0 Å². The highest BCUT2D eigenvalue weighted by atomic mass is 35.5. The number of pyridine rings is 1. The molecule has 0 aliphatic heterocycles. The molecule has 4 heteroatoms. The third-order valence-electron chi connectivity index (χ3n) is 1.22. The molecule has 0 atom stereocenters. The van der Waals surface area contributed by atoms with Crippen molar-refractivity contribution in [1.29, 1.82) is 5.41 Å². The first-order valence-corrected chi connectivity index (χ1v) is 3.11. The molecule has 0 aliphatic rings. The molecular formula is C6H7ClN2O. The van der Waals surface area contributed by atoms with Gasteiger partial charge in [0.15, 0.2) is 0 Å². The zero-order valence-corrected chi connectivity index (χ0v) is 6.18. The van der Waals surface area contributed by atoms with Crippen molar-refractivity contribution < 1.29 is 5.21 Å². The monoisotopic (exact) mass is 158 g/mol. The standard InChI is InChI=1S/C6H7ClN2O/c1-4-3-9(10)6(7)2-5(4)8/h2-3,8,10H,1H3. The number of rotatable bonds is 0. The lowest BCUT2D eigenvalue weighted by Gasteiger charge is -2.00. The Kier molecular flexibility index (Phi) is 1.68. The lowest BCUT2D eigenvalue weighted by atomic mass is 10.3. The molecule has 0 saturated heterocycles. The first-order chi connectivity index (χ1) is 4.61. The summed E-state index contributed by atoms with van der Waals surface area (Å²) in [5, 5.41) is 16.7. The summed E-state index contributed by atoms with van der Waals surface area (Å²) in [7, 11) is 0. The van der Waals surface area contributed by atoms with E-state index in [0.717, 1.165) is 4.73 Å². The van der Waals surface area contributed by atoms with Gasteiger partial charge in [0.25, 0.3) is 0 Å². The molecule has 0 amide bonds. The summed E-state index contributed by atoms with van der Waals surface area (Å²) >= 11 is 5.48. The van der Waals surface area contributed by atoms with E-state index < -0.39 is 0 Å². The van der Waals surface area contributed by atoms with Gasteiger partial charge in [-0.1, -0.05) is 11.6 Å². The minimum absolute atomic E-state index is 0.149. The largest absolute Gasteiger partial charge is 0.428 e. The van der Waals surface area contributed by atoms with Crippen LogP contribution in [0, 0.1) is 12.3 Å².